The van der Waals surface area contributed by atoms with E-state index < -0.39 is 11.7 Å². The smallest absolute Gasteiger partial charge is 0.348 e. The van der Waals surface area contributed by atoms with Crippen LogP contribution in [0.25, 0.3) is 16.8 Å². The Bertz CT molecular complexity index is 929. The van der Waals surface area contributed by atoms with Crippen molar-refractivity contribution in [1.29, 1.82) is 0 Å². The van der Waals surface area contributed by atoms with Crippen molar-refractivity contribution in [3.63, 3.8) is 0 Å². The van der Waals surface area contributed by atoms with E-state index >= 15 is 0 Å². The normalized spacial score (nSPS) is 11.9. The zero-order valence-corrected chi connectivity index (χ0v) is 13.6. The molecule has 0 unspecified atom stereocenters. The molecular formula is C18H16F3N3O. The van der Waals surface area contributed by atoms with Crippen molar-refractivity contribution in [1.82, 2.24) is 14.7 Å². The summed E-state index contributed by atoms with van der Waals surface area (Å²) in [6, 6.07) is 8.46. The maximum atomic E-state index is 12.9. The van der Waals surface area contributed by atoms with Gasteiger partial charge in [-0.05, 0) is 49.2 Å². The molecule has 0 bridgehead atoms. The fourth-order valence-corrected chi connectivity index (χ4v) is 2.48. The average molecular weight is 347 g/mol. The topological polar surface area (TPSA) is 46.4 Å². The Kier molecular flexibility index (Phi) is 4.24. The number of pyridine rings is 1. The quantitative estimate of drug-likeness (QED) is 0.773. The molecule has 0 radical (unpaired) electrons. The number of imidazole rings is 1. The molecule has 0 aliphatic heterocycles. The second kappa shape index (κ2) is 6.23. The predicted molar refractivity (Wildman–Crippen MR) is 88.2 cm³/mol. The molecule has 2 aromatic heterocycles. The number of hydrogen-bond acceptors (Lipinski definition) is 2. The van der Waals surface area contributed by atoms with Gasteiger partial charge in [-0.25, -0.2) is 4.98 Å². The monoisotopic (exact) mass is 347 g/mol. The molecule has 7 heteroatoms. The number of fused-ring (bicyclic) bond motifs is 1. The van der Waals surface area contributed by atoms with Crippen molar-refractivity contribution in [3.05, 3.63) is 60.0 Å². The second-order valence-electron chi connectivity index (χ2n) is 6.02. The van der Waals surface area contributed by atoms with Crippen LogP contribution < -0.4 is 5.32 Å². The maximum absolute atomic E-state index is 12.9. The third-order valence-corrected chi connectivity index (χ3v) is 3.63. The molecule has 1 N–H and O–H groups in total. The number of aromatic nitrogens is 2. The molecule has 2 heterocycles. The third kappa shape index (κ3) is 3.65. The lowest BCUT2D eigenvalue weighted by Gasteiger charge is -2.09. The number of amides is 1. The summed E-state index contributed by atoms with van der Waals surface area (Å²) in [5.74, 6) is -0.292. The van der Waals surface area contributed by atoms with Crippen molar-refractivity contribution in [2.75, 3.05) is 0 Å². The lowest BCUT2D eigenvalue weighted by molar-refractivity contribution is -0.137. The minimum Gasteiger partial charge on any atom is -0.348 e. The minimum absolute atomic E-state index is 0.0158. The molecule has 0 saturated heterocycles. The van der Waals surface area contributed by atoms with Gasteiger partial charge in [0.25, 0.3) is 5.91 Å². The number of rotatable bonds is 3. The Labute approximate surface area is 142 Å². The van der Waals surface area contributed by atoms with Gasteiger partial charge in [0.2, 0.25) is 0 Å². The number of hydrogen-bond donors (Lipinski definition) is 1. The van der Waals surface area contributed by atoms with Gasteiger partial charge in [-0.15, -0.1) is 0 Å². The fourth-order valence-electron chi connectivity index (χ4n) is 2.48. The molecule has 0 aliphatic rings. The van der Waals surface area contributed by atoms with Gasteiger partial charge in [0.15, 0.2) is 0 Å². The number of carbonyl (C=O) groups excluding carboxylic acids is 1. The summed E-state index contributed by atoms with van der Waals surface area (Å²) in [6.07, 6.45) is -1.18. The van der Waals surface area contributed by atoms with Gasteiger partial charge < -0.3 is 9.72 Å². The van der Waals surface area contributed by atoms with E-state index in [0.29, 0.717) is 16.8 Å². The molecule has 0 spiro atoms. The van der Waals surface area contributed by atoms with Gasteiger partial charge in [-0.1, -0.05) is 12.1 Å². The highest BCUT2D eigenvalue weighted by atomic mass is 19.4. The molecular weight excluding hydrogens is 331 g/mol. The Morgan fingerprint density at radius 3 is 2.56 bits per heavy atom. The zero-order valence-electron chi connectivity index (χ0n) is 13.6. The molecule has 0 aliphatic carbocycles. The van der Waals surface area contributed by atoms with Crippen LogP contribution in [0.4, 0.5) is 13.2 Å². The number of nitrogens with zero attached hydrogens (tertiary/aromatic N) is 2. The summed E-state index contributed by atoms with van der Waals surface area (Å²) in [4.78, 5) is 16.3. The summed E-state index contributed by atoms with van der Waals surface area (Å²) < 4.78 is 40.2. The molecule has 0 atom stereocenters. The first-order chi connectivity index (χ1) is 11.7. The summed E-state index contributed by atoms with van der Waals surface area (Å²) >= 11 is 0. The average Bonchev–Trinajstić information content (AvgIpc) is 2.97. The molecule has 25 heavy (non-hydrogen) atoms. The summed E-state index contributed by atoms with van der Waals surface area (Å²) in [6.45, 7) is 3.69. The standard InChI is InChI=1S/C18H16F3N3O/c1-11(2)22-17(25)15-10-24-9-13(6-7-16(24)23-15)12-4-3-5-14(8-12)18(19,20)21/h3-11H,1-2H3,(H,22,25). The highest BCUT2D eigenvalue weighted by molar-refractivity contribution is 5.93. The summed E-state index contributed by atoms with van der Waals surface area (Å²) in [5.41, 5.74) is 1.15. The van der Waals surface area contributed by atoms with E-state index in [1.54, 1.807) is 35.0 Å². The van der Waals surface area contributed by atoms with E-state index in [0.717, 1.165) is 12.1 Å². The van der Waals surface area contributed by atoms with Gasteiger partial charge in [-0.3, -0.25) is 4.79 Å². The van der Waals surface area contributed by atoms with Crippen molar-refractivity contribution in [2.45, 2.75) is 26.1 Å². The van der Waals surface area contributed by atoms with E-state index in [9.17, 15) is 18.0 Å². The van der Waals surface area contributed by atoms with E-state index in [2.05, 4.69) is 10.3 Å². The van der Waals surface area contributed by atoms with E-state index in [1.165, 1.54) is 6.07 Å². The molecule has 4 nitrogen and oxygen atoms in total. The maximum Gasteiger partial charge on any atom is 0.416 e. The van der Waals surface area contributed by atoms with Crippen molar-refractivity contribution >= 4 is 11.6 Å². The van der Waals surface area contributed by atoms with Crippen molar-refractivity contribution in [2.24, 2.45) is 0 Å². The summed E-state index contributed by atoms with van der Waals surface area (Å²) in [7, 11) is 0. The molecule has 3 rings (SSSR count). The lowest BCUT2D eigenvalue weighted by atomic mass is 10.0. The lowest BCUT2D eigenvalue weighted by Crippen LogP contribution is -2.30. The van der Waals surface area contributed by atoms with Crippen LogP contribution in [-0.2, 0) is 6.18 Å². The van der Waals surface area contributed by atoms with E-state index in [4.69, 9.17) is 0 Å². The highest BCUT2D eigenvalue weighted by Crippen LogP contribution is 2.32. The van der Waals surface area contributed by atoms with Crippen LogP contribution in [0.5, 0.6) is 0 Å². The number of nitrogens with one attached hydrogen (secondary N) is 1. The first-order valence-corrected chi connectivity index (χ1v) is 7.71. The van der Waals surface area contributed by atoms with Crippen LogP contribution in [0.1, 0.15) is 29.9 Å². The van der Waals surface area contributed by atoms with Gasteiger partial charge in [0.1, 0.15) is 11.3 Å². The van der Waals surface area contributed by atoms with Crippen LogP contribution in [0.15, 0.2) is 48.8 Å². The van der Waals surface area contributed by atoms with E-state index in [1.807, 2.05) is 13.8 Å². The Morgan fingerprint density at radius 1 is 1.12 bits per heavy atom. The first kappa shape index (κ1) is 17.0. The van der Waals surface area contributed by atoms with Crippen LogP contribution >= 0.6 is 0 Å². The summed E-state index contributed by atoms with van der Waals surface area (Å²) in [5, 5.41) is 2.75. The molecule has 0 saturated carbocycles. The third-order valence-electron chi connectivity index (χ3n) is 3.63. The SMILES string of the molecule is CC(C)NC(=O)c1cn2cc(-c3cccc(C(F)(F)F)c3)ccc2n1. The Morgan fingerprint density at radius 2 is 1.88 bits per heavy atom. The predicted octanol–water partition coefficient (Wildman–Crippen LogP) is 4.16. The van der Waals surface area contributed by atoms with Gasteiger partial charge in [0, 0.05) is 18.4 Å². The van der Waals surface area contributed by atoms with Crippen molar-refractivity contribution < 1.29 is 18.0 Å². The molecule has 3 aromatic rings. The minimum atomic E-state index is -4.39. The Balaban J connectivity index is 1.98. The molecule has 1 amide bonds. The number of benzene rings is 1. The molecule has 0 fully saturated rings. The van der Waals surface area contributed by atoms with Crippen LogP contribution in [0.2, 0.25) is 0 Å². The second-order valence-corrected chi connectivity index (χ2v) is 6.02. The van der Waals surface area contributed by atoms with Crippen LogP contribution in [0, 0.1) is 0 Å². The van der Waals surface area contributed by atoms with Gasteiger partial charge in [0.05, 0.1) is 5.56 Å². The largest absolute Gasteiger partial charge is 0.416 e. The fraction of sp³-hybridized carbons (Fsp3) is 0.222. The Hall–Kier alpha value is -2.83. The van der Waals surface area contributed by atoms with E-state index in [-0.39, 0.29) is 17.6 Å². The van der Waals surface area contributed by atoms with Crippen molar-refractivity contribution in [3.8, 4) is 11.1 Å². The highest BCUT2D eigenvalue weighted by Gasteiger charge is 2.30. The molecule has 1 aromatic carbocycles. The first-order valence-electron chi connectivity index (χ1n) is 7.71. The van der Waals surface area contributed by atoms with Gasteiger partial charge >= 0.3 is 6.18 Å². The number of alkyl halides is 3. The van der Waals surface area contributed by atoms with Crippen LogP contribution in [-0.4, -0.2) is 21.3 Å². The molecule has 130 valence electrons. The van der Waals surface area contributed by atoms with Gasteiger partial charge in [-0.2, -0.15) is 13.2 Å². The number of halogens is 3. The number of carbonyl (C=O) groups is 1. The van der Waals surface area contributed by atoms with Crippen LogP contribution in [0.3, 0.4) is 0 Å². The zero-order chi connectivity index (χ0) is 18.2.